The van der Waals surface area contributed by atoms with E-state index < -0.39 is 19.9 Å². The molecule has 1 atom stereocenters. The van der Waals surface area contributed by atoms with Crippen molar-refractivity contribution in [2.45, 2.75) is 30.6 Å². The first-order valence-corrected chi connectivity index (χ1v) is 11.6. The SMILES string of the molecule is CN1C(=O)Cc2cc(S(=O)(=O)NCCCC3CCS(=O)(=O)C3)ccc21. The van der Waals surface area contributed by atoms with Crippen LogP contribution in [0.3, 0.4) is 0 Å². The molecule has 0 spiro atoms. The maximum absolute atomic E-state index is 12.4. The van der Waals surface area contributed by atoms with Gasteiger partial charge in [0, 0.05) is 19.3 Å². The number of likely N-dealkylation sites (N-methyl/N-ethyl adjacent to an activating group) is 1. The molecule has 1 fully saturated rings. The van der Waals surface area contributed by atoms with Gasteiger partial charge in [0.05, 0.1) is 22.8 Å². The number of nitrogens with zero attached hydrogens (tertiary/aromatic N) is 1. The monoisotopic (exact) mass is 386 g/mol. The second kappa shape index (κ2) is 6.69. The summed E-state index contributed by atoms with van der Waals surface area (Å²) in [4.78, 5) is 13.4. The largest absolute Gasteiger partial charge is 0.315 e. The Labute approximate surface area is 148 Å². The molecule has 1 aromatic rings. The minimum absolute atomic E-state index is 0.0518. The lowest BCUT2D eigenvalue weighted by Crippen LogP contribution is -2.25. The van der Waals surface area contributed by atoms with Crippen molar-refractivity contribution in [1.29, 1.82) is 0 Å². The Morgan fingerprint density at radius 1 is 1.32 bits per heavy atom. The second-order valence-corrected chi connectivity index (χ2v) is 10.7. The van der Waals surface area contributed by atoms with E-state index in [1.165, 1.54) is 11.0 Å². The Hall–Kier alpha value is -1.45. The zero-order chi connectivity index (χ0) is 18.2. The zero-order valence-electron chi connectivity index (χ0n) is 14.1. The van der Waals surface area contributed by atoms with Crippen LogP contribution in [0.1, 0.15) is 24.8 Å². The van der Waals surface area contributed by atoms with Crippen molar-refractivity contribution < 1.29 is 21.6 Å². The Bertz CT molecular complexity index is 893. The second-order valence-electron chi connectivity index (χ2n) is 6.73. The van der Waals surface area contributed by atoms with E-state index in [9.17, 15) is 21.6 Å². The standard InChI is InChI=1S/C16H22N2O5S2/c1-18-15-5-4-14(9-13(15)10-16(18)19)25(22,23)17-7-2-3-12-6-8-24(20,21)11-12/h4-5,9,12,17H,2-3,6-8,10-11H2,1H3. The summed E-state index contributed by atoms with van der Waals surface area (Å²) in [6, 6.07) is 4.70. The number of nitrogens with one attached hydrogen (secondary N) is 1. The van der Waals surface area contributed by atoms with E-state index in [0.29, 0.717) is 24.8 Å². The Morgan fingerprint density at radius 3 is 2.76 bits per heavy atom. The average Bonchev–Trinajstić information content (AvgIpc) is 3.03. The maximum Gasteiger partial charge on any atom is 0.240 e. The van der Waals surface area contributed by atoms with Crippen LogP contribution in [0.2, 0.25) is 0 Å². The molecule has 138 valence electrons. The fraction of sp³-hybridized carbons (Fsp3) is 0.562. The molecular weight excluding hydrogens is 364 g/mol. The molecule has 0 saturated carbocycles. The third kappa shape index (κ3) is 4.04. The molecule has 1 amide bonds. The van der Waals surface area contributed by atoms with Crippen molar-refractivity contribution in [2.24, 2.45) is 5.92 Å². The molecule has 7 nitrogen and oxygen atoms in total. The normalized spacial score (nSPS) is 22.4. The van der Waals surface area contributed by atoms with E-state index >= 15 is 0 Å². The van der Waals surface area contributed by atoms with Gasteiger partial charge >= 0.3 is 0 Å². The molecular formula is C16H22N2O5S2. The minimum Gasteiger partial charge on any atom is -0.315 e. The molecule has 0 radical (unpaired) electrons. The van der Waals surface area contributed by atoms with Gasteiger partial charge in [-0.3, -0.25) is 4.79 Å². The lowest BCUT2D eigenvalue weighted by Gasteiger charge is -2.12. The van der Waals surface area contributed by atoms with Gasteiger partial charge in [0.15, 0.2) is 9.84 Å². The highest BCUT2D eigenvalue weighted by Crippen LogP contribution is 2.29. The first kappa shape index (κ1) is 18.3. The maximum atomic E-state index is 12.4. The Kier molecular flexibility index (Phi) is 4.91. The van der Waals surface area contributed by atoms with Crippen LogP contribution < -0.4 is 9.62 Å². The smallest absolute Gasteiger partial charge is 0.240 e. The van der Waals surface area contributed by atoms with E-state index in [1.54, 1.807) is 19.2 Å². The van der Waals surface area contributed by atoms with Crippen molar-refractivity contribution in [2.75, 3.05) is 30.0 Å². The van der Waals surface area contributed by atoms with Gasteiger partial charge in [-0.2, -0.15) is 0 Å². The summed E-state index contributed by atoms with van der Waals surface area (Å²) in [6.45, 7) is 0.273. The quantitative estimate of drug-likeness (QED) is 0.725. The first-order chi connectivity index (χ1) is 11.7. The first-order valence-electron chi connectivity index (χ1n) is 8.27. The van der Waals surface area contributed by atoms with Crippen LogP contribution in [0.25, 0.3) is 0 Å². The Balaban J connectivity index is 1.56. The molecule has 0 bridgehead atoms. The van der Waals surface area contributed by atoms with Crippen molar-refractivity contribution in [3.05, 3.63) is 23.8 Å². The van der Waals surface area contributed by atoms with Crippen LogP contribution in [-0.4, -0.2) is 47.8 Å². The van der Waals surface area contributed by atoms with Gasteiger partial charge in [-0.05, 0) is 48.9 Å². The third-order valence-electron chi connectivity index (χ3n) is 4.85. The molecule has 2 aliphatic rings. The summed E-state index contributed by atoms with van der Waals surface area (Å²) in [7, 11) is -4.85. The number of sulfonamides is 1. The number of hydrogen-bond donors (Lipinski definition) is 1. The molecule has 0 aromatic heterocycles. The highest BCUT2D eigenvalue weighted by Gasteiger charge is 2.28. The number of amides is 1. The number of rotatable bonds is 6. The van der Waals surface area contributed by atoms with E-state index in [4.69, 9.17) is 0 Å². The number of carbonyl (C=O) groups is 1. The molecule has 2 aliphatic heterocycles. The third-order valence-corrected chi connectivity index (χ3v) is 8.14. The van der Waals surface area contributed by atoms with E-state index in [1.807, 2.05) is 0 Å². The van der Waals surface area contributed by atoms with Crippen LogP contribution in [-0.2, 0) is 31.1 Å². The van der Waals surface area contributed by atoms with Crippen LogP contribution in [0, 0.1) is 5.92 Å². The molecule has 1 unspecified atom stereocenters. The molecule has 2 heterocycles. The van der Waals surface area contributed by atoms with Gasteiger partial charge in [-0.1, -0.05) is 0 Å². The number of benzene rings is 1. The zero-order valence-corrected chi connectivity index (χ0v) is 15.7. The predicted octanol–water partition coefficient (Wildman–Crippen LogP) is 0.699. The van der Waals surface area contributed by atoms with Crippen LogP contribution >= 0.6 is 0 Å². The fourth-order valence-electron chi connectivity index (χ4n) is 3.39. The molecule has 0 aliphatic carbocycles. The van der Waals surface area contributed by atoms with Gasteiger partial charge in [0.2, 0.25) is 15.9 Å². The number of carbonyl (C=O) groups excluding carboxylic acids is 1. The molecule has 1 saturated heterocycles. The molecule has 1 aromatic carbocycles. The van der Waals surface area contributed by atoms with Gasteiger partial charge in [-0.25, -0.2) is 21.6 Å². The van der Waals surface area contributed by atoms with E-state index in [0.717, 1.165) is 5.69 Å². The minimum atomic E-state index is -3.63. The molecule has 3 rings (SSSR count). The Morgan fingerprint density at radius 2 is 2.08 bits per heavy atom. The summed E-state index contributed by atoms with van der Waals surface area (Å²) in [6.07, 6.45) is 2.18. The van der Waals surface area contributed by atoms with Crippen LogP contribution in [0.5, 0.6) is 0 Å². The van der Waals surface area contributed by atoms with Crippen molar-refractivity contribution in [3.63, 3.8) is 0 Å². The summed E-state index contributed by atoms with van der Waals surface area (Å²) in [5, 5.41) is 0. The van der Waals surface area contributed by atoms with Crippen LogP contribution in [0.15, 0.2) is 23.1 Å². The lowest BCUT2D eigenvalue weighted by atomic mass is 10.0. The lowest BCUT2D eigenvalue weighted by molar-refractivity contribution is -0.117. The number of fused-ring (bicyclic) bond motifs is 1. The fourth-order valence-corrected chi connectivity index (χ4v) is 6.43. The molecule has 25 heavy (non-hydrogen) atoms. The van der Waals surface area contributed by atoms with Gasteiger partial charge < -0.3 is 4.90 Å². The van der Waals surface area contributed by atoms with Crippen molar-refractivity contribution in [3.8, 4) is 0 Å². The highest BCUT2D eigenvalue weighted by molar-refractivity contribution is 7.91. The summed E-state index contributed by atoms with van der Waals surface area (Å²) in [5.74, 6) is 0.540. The average molecular weight is 386 g/mol. The highest BCUT2D eigenvalue weighted by atomic mass is 32.2. The van der Waals surface area contributed by atoms with Gasteiger partial charge in [-0.15, -0.1) is 0 Å². The predicted molar refractivity (Wildman–Crippen MR) is 94.7 cm³/mol. The number of anilines is 1. The topological polar surface area (TPSA) is 101 Å². The van der Waals surface area contributed by atoms with Gasteiger partial charge in [0.1, 0.15) is 0 Å². The van der Waals surface area contributed by atoms with Crippen molar-refractivity contribution >= 4 is 31.5 Å². The van der Waals surface area contributed by atoms with Crippen LogP contribution in [0.4, 0.5) is 5.69 Å². The molecule has 1 N–H and O–H groups in total. The van der Waals surface area contributed by atoms with Crippen molar-refractivity contribution in [1.82, 2.24) is 4.72 Å². The summed E-state index contributed by atoms with van der Waals surface area (Å²) >= 11 is 0. The number of hydrogen-bond acceptors (Lipinski definition) is 5. The van der Waals surface area contributed by atoms with Gasteiger partial charge in [0.25, 0.3) is 0 Å². The van der Waals surface area contributed by atoms with E-state index in [-0.39, 0.29) is 41.2 Å². The number of sulfone groups is 1. The van der Waals surface area contributed by atoms with E-state index in [2.05, 4.69) is 4.72 Å². The summed E-state index contributed by atoms with van der Waals surface area (Å²) in [5.41, 5.74) is 1.46. The molecule has 9 heteroatoms. The summed E-state index contributed by atoms with van der Waals surface area (Å²) < 4.78 is 50.2.